The number of rotatable bonds is 1. The summed E-state index contributed by atoms with van der Waals surface area (Å²) < 4.78 is 0. The second-order valence-electron chi connectivity index (χ2n) is 6.22. The molecule has 2 bridgehead atoms. The fourth-order valence-corrected chi connectivity index (χ4v) is 3.65. The van der Waals surface area contributed by atoms with Gasteiger partial charge in [-0.15, -0.1) is 0 Å². The van der Waals surface area contributed by atoms with Crippen molar-refractivity contribution in [1.82, 2.24) is 0 Å². The van der Waals surface area contributed by atoms with Gasteiger partial charge in [0, 0.05) is 0 Å². The smallest absolute Gasteiger partial charge is 0.0599 e. The van der Waals surface area contributed by atoms with Crippen LogP contribution in [0.1, 0.15) is 52.9 Å². The van der Waals surface area contributed by atoms with Gasteiger partial charge in [0.05, 0.1) is 6.10 Å². The van der Waals surface area contributed by atoms with E-state index in [0.29, 0.717) is 17.8 Å². The molecule has 1 nitrogen and oxygen atoms in total. The van der Waals surface area contributed by atoms with E-state index in [-0.39, 0.29) is 6.10 Å². The van der Waals surface area contributed by atoms with Gasteiger partial charge in [-0.2, -0.15) is 0 Å². The normalized spacial score (nSPS) is 43.4. The second-order valence-corrected chi connectivity index (χ2v) is 6.22. The Hall–Kier alpha value is -0.300. The summed E-state index contributed by atoms with van der Waals surface area (Å²) in [5, 5.41) is 10.5. The summed E-state index contributed by atoms with van der Waals surface area (Å²) in [6.45, 7) is 6.85. The third-order valence-corrected chi connectivity index (χ3v) is 4.78. The molecule has 1 N–H and O–H groups in total. The van der Waals surface area contributed by atoms with Crippen LogP contribution in [0, 0.1) is 23.7 Å². The Bertz CT molecular complexity index is 267. The number of hydrogen-bond donors (Lipinski definition) is 1. The lowest BCUT2D eigenvalue weighted by atomic mass is 9.66. The molecule has 2 aliphatic carbocycles. The third kappa shape index (κ3) is 2.34. The average Bonchev–Trinajstić information content (AvgIpc) is 2.26. The summed E-state index contributed by atoms with van der Waals surface area (Å²) >= 11 is 0. The first-order valence-corrected chi connectivity index (χ1v) is 6.95. The molecule has 16 heavy (non-hydrogen) atoms. The minimum Gasteiger partial charge on any atom is -0.393 e. The molecule has 1 fully saturated rings. The van der Waals surface area contributed by atoms with Gasteiger partial charge in [-0.1, -0.05) is 32.4 Å². The maximum Gasteiger partial charge on any atom is 0.0599 e. The van der Waals surface area contributed by atoms with Crippen molar-refractivity contribution in [2.24, 2.45) is 23.7 Å². The van der Waals surface area contributed by atoms with Crippen LogP contribution in [0.5, 0.6) is 0 Å². The maximum absolute atomic E-state index is 10.5. The predicted octanol–water partition coefficient (Wildman–Crippen LogP) is 3.78. The molecule has 0 aromatic carbocycles. The molecule has 0 unspecified atom stereocenters. The van der Waals surface area contributed by atoms with Crippen LogP contribution >= 0.6 is 0 Å². The lowest BCUT2D eigenvalue weighted by molar-refractivity contribution is 0.00212. The van der Waals surface area contributed by atoms with Crippen molar-refractivity contribution in [2.45, 2.75) is 59.0 Å². The molecule has 0 aliphatic heterocycles. The molecule has 0 radical (unpaired) electrons. The summed E-state index contributed by atoms with van der Waals surface area (Å²) in [6, 6.07) is 0. The van der Waals surface area contributed by atoms with Crippen molar-refractivity contribution in [3.8, 4) is 0 Å². The van der Waals surface area contributed by atoms with Crippen LogP contribution in [0.15, 0.2) is 11.6 Å². The fraction of sp³-hybridized carbons (Fsp3) is 0.867. The van der Waals surface area contributed by atoms with Crippen molar-refractivity contribution in [3.63, 3.8) is 0 Å². The maximum atomic E-state index is 10.5. The van der Waals surface area contributed by atoms with E-state index in [1.807, 2.05) is 0 Å². The number of fused-ring (bicyclic) bond motifs is 2. The van der Waals surface area contributed by atoms with Gasteiger partial charge in [0.15, 0.2) is 0 Å². The lowest BCUT2D eigenvalue weighted by Crippen LogP contribution is -2.38. The van der Waals surface area contributed by atoms with Crippen molar-refractivity contribution in [3.05, 3.63) is 11.6 Å². The number of hydrogen-bond acceptors (Lipinski definition) is 1. The monoisotopic (exact) mass is 222 g/mol. The highest BCUT2D eigenvalue weighted by Gasteiger charge is 2.37. The van der Waals surface area contributed by atoms with Gasteiger partial charge in [0.2, 0.25) is 0 Å². The van der Waals surface area contributed by atoms with Crippen molar-refractivity contribution >= 4 is 0 Å². The van der Waals surface area contributed by atoms with Crippen LogP contribution in [0.25, 0.3) is 0 Å². The predicted molar refractivity (Wildman–Crippen MR) is 68.2 cm³/mol. The Morgan fingerprint density at radius 3 is 2.75 bits per heavy atom. The van der Waals surface area contributed by atoms with Gasteiger partial charge in [-0.05, 0) is 55.8 Å². The molecule has 0 spiro atoms. The van der Waals surface area contributed by atoms with Crippen LogP contribution in [-0.4, -0.2) is 11.2 Å². The van der Waals surface area contributed by atoms with Crippen LogP contribution < -0.4 is 0 Å². The first-order valence-electron chi connectivity index (χ1n) is 6.95. The third-order valence-electron chi connectivity index (χ3n) is 4.78. The first-order chi connectivity index (χ1) is 7.59. The molecule has 2 aliphatic rings. The summed E-state index contributed by atoms with van der Waals surface area (Å²) in [4.78, 5) is 0. The zero-order valence-electron chi connectivity index (χ0n) is 10.9. The van der Waals surface area contributed by atoms with E-state index < -0.39 is 0 Å². The Balaban J connectivity index is 2.20. The molecule has 0 saturated heterocycles. The van der Waals surface area contributed by atoms with E-state index in [1.165, 1.54) is 19.3 Å². The van der Waals surface area contributed by atoms with E-state index >= 15 is 0 Å². The second kappa shape index (κ2) is 4.91. The van der Waals surface area contributed by atoms with Gasteiger partial charge >= 0.3 is 0 Å². The van der Waals surface area contributed by atoms with Gasteiger partial charge in [0.25, 0.3) is 0 Å². The van der Waals surface area contributed by atoms with E-state index in [2.05, 4.69) is 26.8 Å². The zero-order chi connectivity index (χ0) is 11.7. The van der Waals surface area contributed by atoms with Crippen molar-refractivity contribution < 1.29 is 5.11 Å². The SMILES string of the molecule is CC(C)[C@@H]1CC/C2=C/CC[C@H](C)[C@H](O)[C@@H]1C2. The first kappa shape index (κ1) is 12.2. The van der Waals surface area contributed by atoms with E-state index in [1.54, 1.807) is 5.57 Å². The Kier molecular flexibility index (Phi) is 3.73. The minimum absolute atomic E-state index is 0.0728. The zero-order valence-corrected chi connectivity index (χ0v) is 10.9. The van der Waals surface area contributed by atoms with Crippen LogP contribution in [0.2, 0.25) is 0 Å². The molecule has 2 rings (SSSR count). The molecule has 0 amide bonds. The van der Waals surface area contributed by atoms with E-state index in [0.717, 1.165) is 18.8 Å². The van der Waals surface area contributed by atoms with Crippen LogP contribution in [0.4, 0.5) is 0 Å². The molecule has 0 heterocycles. The fourth-order valence-electron chi connectivity index (χ4n) is 3.65. The van der Waals surface area contributed by atoms with Gasteiger partial charge in [-0.3, -0.25) is 0 Å². The highest BCUT2D eigenvalue weighted by molar-refractivity contribution is 5.10. The number of allylic oxidation sites excluding steroid dienone is 2. The molecule has 0 aromatic heterocycles. The molecular formula is C15H26O. The van der Waals surface area contributed by atoms with Gasteiger partial charge < -0.3 is 5.11 Å². The van der Waals surface area contributed by atoms with E-state index in [9.17, 15) is 5.11 Å². The summed E-state index contributed by atoms with van der Waals surface area (Å²) in [7, 11) is 0. The Morgan fingerprint density at radius 1 is 1.31 bits per heavy atom. The minimum atomic E-state index is -0.0728. The number of aliphatic hydroxyl groups is 1. The highest BCUT2D eigenvalue weighted by atomic mass is 16.3. The van der Waals surface area contributed by atoms with E-state index in [4.69, 9.17) is 0 Å². The number of aliphatic hydroxyl groups excluding tert-OH is 1. The highest BCUT2D eigenvalue weighted by Crippen LogP contribution is 2.43. The Labute approximate surface area is 99.9 Å². The quantitative estimate of drug-likeness (QED) is 0.669. The summed E-state index contributed by atoms with van der Waals surface area (Å²) in [5.41, 5.74) is 1.62. The van der Waals surface area contributed by atoms with Gasteiger partial charge in [0.1, 0.15) is 0 Å². The summed E-state index contributed by atoms with van der Waals surface area (Å²) in [6.07, 6.45) is 8.44. The van der Waals surface area contributed by atoms with Gasteiger partial charge in [-0.25, -0.2) is 0 Å². The van der Waals surface area contributed by atoms with Crippen LogP contribution in [0.3, 0.4) is 0 Å². The topological polar surface area (TPSA) is 20.2 Å². The molecule has 92 valence electrons. The van der Waals surface area contributed by atoms with Crippen molar-refractivity contribution in [1.29, 1.82) is 0 Å². The molecule has 0 aromatic rings. The largest absolute Gasteiger partial charge is 0.393 e. The lowest BCUT2D eigenvalue weighted by Gasteiger charge is -2.41. The summed E-state index contributed by atoms with van der Waals surface area (Å²) in [5.74, 6) is 2.44. The molecule has 1 heteroatoms. The van der Waals surface area contributed by atoms with Crippen LogP contribution in [-0.2, 0) is 0 Å². The standard InChI is InChI=1S/C15H26O/c1-10(2)13-8-7-12-6-4-5-11(3)15(16)14(13)9-12/h6,10-11,13-16H,4-5,7-9H2,1-3H3/b12-6-/t11-,13-,14+,15-/m0/s1. The Morgan fingerprint density at radius 2 is 2.06 bits per heavy atom. The van der Waals surface area contributed by atoms with Crippen molar-refractivity contribution in [2.75, 3.05) is 0 Å². The molecular weight excluding hydrogens is 196 g/mol. The molecule has 4 atom stereocenters. The average molecular weight is 222 g/mol. The molecule has 1 saturated carbocycles.